The van der Waals surface area contributed by atoms with Gasteiger partial charge in [-0.2, -0.15) is 0 Å². The van der Waals surface area contributed by atoms with Crippen LogP contribution in [-0.4, -0.2) is 29.9 Å². The first-order valence-corrected chi connectivity index (χ1v) is 4.99. The number of carbonyl (C=O) groups is 2. The third-order valence-corrected chi connectivity index (χ3v) is 2.23. The first-order valence-electron chi connectivity index (χ1n) is 4.99. The van der Waals surface area contributed by atoms with Gasteiger partial charge in [0.25, 0.3) is 0 Å². The van der Waals surface area contributed by atoms with Crippen molar-refractivity contribution in [2.24, 2.45) is 0 Å². The summed E-state index contributed by atoms with van der Waals surface area (Å²) in [6, 6.07) is -0.0885. The van der Waals surface area contributed by atoms with Gasteiger partial charge in [-0.1, -0.05) is 6.42 Å². The molecule has 0 aliphatic heterocycles. The maximum absolute atomic E-state index is 11.3. The molecule has 0 rings (SSSR count). The van der Waals surface area contributed by atoms with Crippen molar-refractivity contribution in [3.05, 3.63) is 0 Å². The Bertz CT molecular complexity index is 192. The predicted octanol–water partition coefficient (Wildman–Crippen LogP) is 1.20. The molecule has 1 unspecified atom stereocenters. The van der Waals surface area contributed by atoms with Crippen LogP contribution in [0.3, 0.4) is 0 Å². The molecule has 0 radical (unpaired) electrons. The van der Waals surface area contributed by atoms with Gasteiger partial charge < -0.3 is 10.4 Å². The molecule has 4 nitrogen and oxygen atoms in total. The molecule has 14 heavy (non-hydrogen) atoms. The minimum absolute atomic E-state index is 0.0885. The summed E-state index contributed by atoms with van der Waals surface area (Å²) in [6.07, 6.45) is 3.01. The average Bonchev–Trinajstić information content (AvgIpc) is 2.15. The first-order chi connectivity index (χ1) is 6.57. The van der Waals surface area contributed by atoms with E-state index in [0.29, 0.717) is 12.8 Å². The van der Waals surface area contributed by atoms with Crippen LogP contribution in [0.5, 0.6) is 0 Å². The van der Waals surface area contributed by atoms with Crippen molar-refractivity contribution in [3.63, 3.8) is 0 Å². The van der Waals surface area contributed by atoms with E-state index in [1.165, 1.54) is 0 Å². The molecule has 0 fully saturated rings. The third-order valence-electron chi connectivity index (χ3n) is 2.23. The second-order valence-corrected chi connectivity index (χ2v) is 3.43. The van der Waals surface area contributed by atoms with Gasteiger partial charge in [-0.3, -0.25) is 9.59 Å². The molecule has 0 aliphatic rings. The Morgan fingerprint density at radius 2 is 1.79 bits per heavy atom. The van der Waals surface area contributed by atoms with E-state index < -0.39 is 5.97 Å². The second kappa shape index (κ2) is 7.50. The highest BCUT2D eigenvalue weighted by atomic mass is 16.4. The smallest absolute Gasteiger partial charge is 0.303 e. The van der Waals surface area contributed by atoms with Gasteiger partial charge in [-0.05, 0) is 26.8 Å². The standard InChI is InChI=1S/C10H19NO3/c1-8(11-2)9(12)6-4-3-5-7-10(13)14/h8,11H,3-7H2,1-2H3,(H,13,14). The lowest BCUT2D eigenvalue weighted by Crippen LogP contribution is -2.30. The zero-order chi connectivity index (χ0) is 11.0. The fraction of sp³-hybridized carbons (Fsp3) is 0.800. The molecule has 0 aromatic heterocycles. The lowest BCUT2D eigenvalue weighted by molar-refractivity contribution is -0.137. The monoisotopic (exact) mass is 201 g/mol. The van der Waals surface area contributed by atoms with Crippen molar-refractivity contribution in [1.29, 1.82) is 0 Å². The summed E-state index contributed by atoms with van der Waals surface area (Å²) in [4.78, 5) is 21.5. The van der Waals surface area contributed by atoms with Crippen LogP contribution in [0.1, 0.15) is 39.0 Å². The van der Waals surface area contributed by atoms with Crippen LogP contribution in [0.4, 0.5) is 0 Å². The summed E-state index contributed by atoms with van der Waals surface area (Å²) in [7, 11) is 1.76. The van der Waals surface area contributed by atoms with Gasteiger partial charge in [-0.15, -0.1) is 0 Å². The highest BCUT2D eigenvalue weighted by molar-refractivity contribution is 5.83. The predicted molar refractivity (Wildman–Crippen MR) is 54.2 cm³/mol. The van der Waals surface area contributed by atoms with Crippen LogP contribution in [0.2, 0.25) is 0 Å². The summed E-state index contributed by atoms with van der Waals surface area (Å²) in [6.45, 7) is 1.83. The first kappa shape index (κ1) is 13.1. The van der Waals surface area contributed by atoms with E-state index in [4.69, 9.17) is 5.11 Å². The van der Waals surface area contributed by atoms with E-state index in [9.17, 15) is 9.59 Å². The zero-order valence-electron chi connectivity index (χ0n) is 8.88. The molecule has 0 aliphatic carbocycles. The highest BCUT2D eigenvalue weighted by Crippen LogP contribution is 2.04. The molecule has 0 heterocycles. The molecule has 0 spiro atoms. The summed E-state index contributed by atoms with van der Waals surface area (Å²) in [5.41, 5.74) is 0. The Morgan fingerprint density at radius 3 is 2.29 bits per heavy atom. The van der Waals surface area contributed by atoms with Crippen molar-refractivity contribution in [2.45, 2.75) is 45.1 Å². The Balaban J connectivity index is 3.36. The fourth-order valence-corrected chi connectivity index (χ4v) is 1.13. The van der Waals surface area contributed by atoms with Crippen LogP contribution < -0.4 is 5.32 Å². The van der Waals surface area contributed by atoms with Gasteiger partial charge in [0, 0.05) is 12.8 Å². The number of unbranched alkanes of at least 4 members (excludes halogenated alkanes) is 2. The topological polar surface area (TPSA) is 66.4 Å². The van der Waals surface area contributed by atoms with Crippen LogP contribution in [-0.2, 0) is 9.59 Å². The van der Waals surface area contributed by atoms with E-state index in [-0.39, 0.29) is 18.2 Å². The quantitative estimate of drug-likeness (QED) is 0.579. The zero-order valence-corrected chi connectivity index (χ0v) is 8.88. The Morgan fingerprint density at radius 1 is 1.21 bits per heavy atom. The largest absolute Gasteiger partial charge is 0.481 e. The number of hydrogen-bond acceptors (Lipinski definition) is 3. The molecule has 0 bridgehead atoms. The number of likely N-dealkylation sites (N-methyl/N-ethyl adjacent to an activating group) is 1. The van der Waals surface area contributed by atoms with E-state index >= 15 is 0 Å². The maximum atomic E-state index is 11.3. The van der Waals surface area contributed by atoms with Crippen LogP contribution in [0, 0.1) is 0 Å². The molecule has 4 heteroatoms. The molecule has 82 valence electrons. The number of rotatable bonds is 8. The fourth-order valence-electron chi connectivity index (χ4n) is 1.13. The molecule has 0 aromatic carbocycles. The lowest BCUT2D eigenvalue weighted by Gasteiger charge is -2.07. The van der Waals surface area contributed by atoms with Gasteiger partial charge in [0.05, 0.1) is 6.04 Å². The normalized spacial score (nSPS) is 12.4. The number of carboxylic acids is 1. The van der Waals surface area contributed by atoms with Crippen LogP contribution in [0.15, 0.2) is 0 Å². The molecular formula is C10H19NO3. The van der Waals surface area contributed by atoms with Gasteiger partial charge in [0.15, 0.2) is 0 Å². The number of hydrogen-bond donors (Lipinski definition) is 2. The summed E-state index contributed by atoms with van der Waals surface area (Å²) >= 11 is 0. The molecule has 1 atom stereocenters. The minimum Gasteiger partial charge on any atom is -0.481 e. The van der Waals surface area contributed by atoms with Crippen molar-refractivity contribution < 1.29 is 14.7 Å². The molecule has 0 amide bonds. The summed E-state index contributed by atoms with van der Waals surface area (Å²) in [5.74, 6) is -0.567. The minimum atomic E-state index is -0.764. The van der Waals surface area contributed by atoms with E-state index in [1.807, 2.05) is 6.92 Å². The number of Topliss-reactive ketones (excluding diaryl/α,β-unsaturated/α-hetero) is 1. The SMILES string of the molecule is CNC(C)C(=O)CCCCCC(=O)O. The Kier molecular flexibility index (Phi) is 7.02. The number of carboxylic acid groups (broad SMARTS) is 1. The Labute approximate surface area is 84.7 Å². The Hall–Kier alpha value is -0.900. The van der Waals surface area contributed by atoms with Crippen molar-refractivity contribution in [2.75, 3.05) is 7.05 Å². The molecule has 0 aromatic rings. The van der Waals surface area contributed by atoms with Crippen LogP contribution >= 0.6 is 0 Å². The third kappa shape index (κ3) is 6.60. The maximum Gasteiger partial charge on any atom is 0.303 e. The molecular weight excluding hydrogens is 182 g/mol. The molecule has 0 saturated heterocycles. The molecule has 0 saturated carbocycles. The van der Waals surface area contributed by atoms with Crippen LogP contribution in [0.25, 0.3) is 0 Å². The van der Waals surface area contributed by atoms with Gasteiger partial charge >= 0.3 is 5.97 Å². The lowest BCUT2D eigenvalue weighted by atomic mass is 10.1. The molecule has 2 N–H and O–H groups in total. The summed E-state index contributed by atoms with van der Waals surface area (Å²) < 4.78 is 0. The van der Waals surface area contributed by atoms with E-state index in [2.05, 4.69) is 5.32 Å². The van der Waals surface area contributed by atoms with E-state index in [0.717, 1.165) is 12.8 Å². The van der Waals surface area contributed by atoms with Crippen molar-refractivity contribution >= 4 is 11.8 Å². The van der Waals surface area contributed by atoms with Gasteiger partial charge in [0.1, 0.15) is 5.78 Å². The van der Waals surface area contributed by atoms with Gasteiger partial charge in [-0.25, -0.2) is 0 Å². The number of nitrogens with one attached hydrogen (secondary N) is 1. The number of carbonyl (C=O) groups excluding carboxylic acids is 1. The highest BCUT2D eigenvalue weighted by Gasteiger charge is 2.09. The number of aliphatic carboxylic acids is 1. The second-order valence-electron chi connectivity index (χ2n) is 3.43. The van der Waals surface area contributed by atoms with E-state index in [1.54, 1.807) is 7.05 Å². The van der Waals surface area contributed by atoms with Crippen molar-refractivity contribution in [3.8, 4) is 0 Å². The number of ketones is 1. The summed E-state index contributed by atoms with van der Waals surface area (Å²) in [5, 5.41) is 11.3. The average molecular weight is 201 g/mol. The van der Waals surface area contributed by atoms with Gasteiger partial charge in [0.2, 0.25) is 0 Å². The van der Waals surface area contributed by atoms with Crippen molar-refractivity contribution in [1.82, 2.24) is 5.32 Å².